The maximum atomic E-state index is 14.5. The van der Waals surface area contributed by atoms with Crippen molar-refractivity contribution in [1.82, 2.24) is 0 Å². The topological polar surface area (TPSA) is 35.5 Å². The van der Waals surface area contributed by atoms with Gasteiger partial charge in [0.25, 0.3) is 0 Å². The van der Waals surface area contributed by atoms with Crippen molar-refractivity contribution in [3.8, 4) is 0 Å². The van der Waals surface area contributed by atoms with Gasteiger partial charge < -0.3 is 9.47 Å². The van der Waals surface area contributed by atoms with Gasteiger partial charge in [0, 0.05) is 18.9 Å². The van der Waals surface area contributed by atoms with Crippen LogP contribution in [-0.2, 0) is 14.3 Å². The van der Waals surface area contributed by atoms with E-state index in [0.717, 1.165) is 51.4 Å². The van der Waals surface area contributed by atoms with E-state index in [9.17, 15) is 31.1 Å². The van der Waals surface area contributed by atoms with E-state index in [1.54, 1.807) is 0 Å². The molecule has 0 amide bonds. The predicted octanol–water partition coefficient (Wildman–Crippen LogP) is 8.83. The highest BCUT2D eigenvalue weighted by Gasteiger charge is 2.76. The minimum Gasteiger partial charge on any atom is -0.381 e. The molecule has 0 aromatic carbocycles. The van der Waals surface area contributed by atoms with Gasteiger partial charge in [0.15, 0.2) is 5.41 Å². The van der Waals surface area contributed by atoms with Gasteiger partial charge in [-0.25, -0.2) is 0 Å². The van der Waals surface area contributed by atoms with E-state index in [4.69, 9.17) is 9.47 Å². The summed E-state index contributed by atoms with van der Waals surface area (Å²) in [5.74, 6) is -1.66. The Bertz CT molecular complexity index is 765. The van der Waals surface area contributed by atoms with Crippen LogP contribution >= 0.6 is 0 Å². The molecule has 0 aromatic heterocycles. The van der Waals surface area contributed by atoms with Crippen LogP contribution in [0.3, 0.4) is 0 Å². The Labute approximate surface area is 229 Å². The van der Waals surface area contributed by atoms with Crippen LogP contribution in [0.4, 0.5) is 26.3 Å². The number of rotatable bonds is 7. The maximum absolute atomic E-state index is 14.5. The molecule has 4 rings (SSSR count). The fourth-order valence-electron chi connectivity index (χ4n) is 8.46. The Hall–Kier alpha value is -0.830. The van der Waals surface area contributed by atoms with Crippen molar-refractivity contribution in [3.05, 3.63) is 0 Å². The highest BCUT2D eigenvalue weighted by atomic mass is 19.4. The molecule has 4 saturated carbocycles. The molecule has 0 atom stereocenters. The van der Waals surface area contributed by atoms with Gasteiger partial charge in [-0.3, -0.25) is 4.79 Å². The summed E-state index contributed by atoms with van der Waals surface area (Å²) in [5, 5.41) is 0. The van der Waals surface area contributed by atoms with Gasteiger partial charge in [0.05, 0.1) is 18.3 Å². The van der Waals surface area contributed by atoms with E-state index < -0.39 is 29.6 Å². The first-order valence-corrected chi connectivity index (χ1v) is 15.2. The second-order valence-electron chi connectivity index (χ2n) is 13.0. The van der Waals surface area contributed by atoms with Gasteiger partial charge in [-0.15, -0.1) is 0 Å². The summed E-state index contributed by atoms with van der Waals surface area (Å²) in [6.07, 6.45) is -3.89. The van der Waals surface area contributed by atoms with Gasteiger partial charge in [0.1, 0.15) is 5.78 Å². The lowest BCUT2D eigenvalue weighted by atomic mass is 9.57. The standard InChI is InChI=1S/C30H46F6O3/c1-19-3-5-20(6-4-19)27(37)21-7-13-25(14-8-21)39-26-17-11-23(12-18-26)28(29(31,32)33,30(34,35)36)22-9-15-24(38-2)16-10-22/h19-26H,3-18H2,1-2H3. The first kappa shape index (κ1) is 31.1. The smallest absolute Gasteiger partial charge is 0.381 e. The lowest BCUT2D eigenvalue weighted by Crippen LogP contribution is -2.61. The third-order valence-corrected chi connectivity index (χ3v) is 10.8. The van der Waals surface area contributed by atoms with Crippen molar-refractivity contribution in [1.29, 1.82) is 0 Å². The molecule has 226 valence electrons. The van der Waals surface area contributed by atoms with Crippen molar-refractivity contribution in [2.45, 2.75) is 140 Å². The van der Waals surface area contributed by atoms with Crippen LogP contribution in [-0.4, -0.2) is 43.6 Å². The van der Waals surface area contributed by atoms with Crippen LogP contribution in [0.2, 0.25) is 0 Å². The first-order chi connectivity index (χ1) is 18.4. The highest BCUT2D eigenvalue weighted by Crippen LogP contribution is 2.65. The number of carbonyl (C=O) groups excluding carboxylic acids is 1. The molecule has 0 saturated heterocycles. The maximum Gasteiger partial charge on any atom is 0.403 e. The van der Waals surface area contributed by atoms with Crippen molar-refractivity contribution in [2.75, 3.05) is 7.11 Å². The molecule has 0 unspecified atom stereocenters. The number of methoxy groups -OCH3 is 1. The molecule has 0 aromatic rings. The van der Waals surface area contributed by atoms with Crippen LogP contribution in [0.25, 0.3) is 0 Å². The summed E-state index contributed by atoms with van der Waals surface area (Å²) >= 11 is 0. The van der Waals surface area contributed by atoms with Crippen LogP contribution in [0, 0.1) is 35.0 Å². The summed E-state index contributed by atoms with van der Waals surface area (Å²) in [4.78, 5) is 13.0. The minimum absolute atomic E-state index is 0.0615. The van der Waals surface area contributed by atoms with Gasteiger partial charge in [0.2, 0.25) is 0 Å². The molecule has 0 aliphatic heterocycles. The average molecular weight is 569 g/mol. The molecule has 0 N–H and O–H groups in total. The zero-order valence-electron chi connectivity index (χ0n) is 23.4. The van der Waals surface area contributed by atoms with Gasteiger partial charge in [-0.05, 0) is 108 Å². The highest BCUT2D eigenvalue weighted by molar-refractivity contribution is 5.83. The molecular formula is C30H46F6O3. The Morgan fingerprint density at radius 1 is 0.564 bits per heavy atom. The molecule has 9 heteroatoms. The van der Waals surface area contributed by atoms with E-state index in [-0.39, 0.29) is 81.5 Å². The monoisotopic (exact) mass is 568 g/mol. The molecule has 0 radical (unpaired) electrons. The second-order valence-corrected chi connectivity index (χ2v) is 13.0. The molecule has 4 aliphatic carbocycles. The van der Waals surface area contributed by atoms with E-state index in [1.807, 2.05) is 0 Å². The first-order valence-electron chi connectivity index (χ1n) is 15.2. The minimum atomic E-state index is -5.37. The Balaban J connectivity index is 1.32. The van der Waals surface area contributed by atoms with Crippen molar-refractivity contribution in [3.63, 3.8) is 0 Å². The average Bonchev–Trinajstić information content (AvgIpc) is 2.89. The lowest BCUT2D eigenvalue weighted by Gasteiger charge is -2.51. The van der Waals surface area contributed by atoms with E-state index in [0.29, 0.717) is 11.7 Å². The van der Waals surface area contributed by atoms with Crippen LogP contribution in [0.15, 0.2) is 0 Å². The second kappa shape index (κ2) is 12.6. The van der Waals surface area contributed by atoms with Crippen LogP contribution < -0.4 is 0 Å². The van der Waals surface area contributed by atoms with Crippen molar-refractivity contribution >= 4 is 5.78 Å². The number of hydrogen-bond acceptors (Lipinski definition) is 3. The molecule has 0 spiro atoms. The third kappa shape index (κ3) is 6.65. The third-order valence-electron chi connectivity index (χ3n) is 10.8. The number of ether oxygens (including phenoxy) is 2. The number of hydrogen-bond donors (Lipinski definition) is 0. The van der Waals surface area contributed by atoms with Crippen molar-refractivity contribution < 1.29 is 40.6 Å². The van der Waals surface area contributed by atoms with E-state index in [1.165, 1.54) is 7.11 Å². The number of Topliss-reactive ketones (excluding diaryl/α,β-unsaturated/α-hetero) is 1. The fourth-order valence-corrected chi connectivity index (χ4v) is 8.46. The molecule has 4 fully saturated rings. The summed E-state index contributed by atoms with van der Waals surface area (Å²) in [6.45, 7) is 2.23. The summed E-state index contributed by atoms with van der Waals surface area (Å²) in [5.41, 5.74) is -3.68. The molecule has 3 nitrogen and oxygen atoms in total. The molecule has 39 heavy (non-hydrogen) atoms. The lowest BCUT2D eigenvalue weighted by molar-refractivity contribution is -0.383. The van der Waals surface area contributed by atoms with Gasteiger partial charge in [-0.1, -0.05) is 19.8 Å². The van der Waals surface area contributed by atoms with E-state index >= 15 is 0 Å². The predicted molar refractivity (Wildman–Crippen MR) is 136 cm³/mol. The van der Waals surface area contributed by atoms with Gasteiger partial charge >= 0.3 is 12.4 Å². The fraction of sp³-hybridized carbons (Fsp3) is 0.967. The Kier molecular flexibility index (Phi) is 10.0. The molecule has 4 aliphatic rings. The molecule has 0 bridgehead atoms. The van der Waals surface area contributed by atoms with E-state index in [2.05, 4.69) is 6.92 Å². The van der Waals surface area contributed by atoms with Crippen molar-refractivity contribution in [2.24, 2.45) is 35.0 Å². The van der Waals surface area contributed by atoms with Gasteiger partial charge in [-0.2, -0.15) is 26.3 Å². The Morgan fingerprint density at radius 2 is 0.923 bits per heavy atom. The number of halogens is 6. The number of carbonyl (C=O) groups is 1. The summed E-state index contributed by atoms with van der Waals surface area (Å²) in [6, 6.07) is 0. The number of ketones is 1. The molecular weight excluding hydrogens is 522 g/mol. The van der Waals surface area contributed by atoms with Crippen LogP contribution in [0.1, 0.15) is 110 Å². The largest absolute Gasteiger partial charge is 0.403 e. The zero-order valence-corrected chi connectivity index (χ0v) is 23.4. The van der Waals surface area contributed by atoms with Crippen LogP contribution in [0.5, 0.6) is 0 Å². The zero-order chi connectivity index (χ0) is 28.4. The Morgan fingerprint density at radius 3 is 1.31 bits per heavy atom. The quantitative estimate of drug-likeness (QED) is 0.288. The number of alkyl halides is 6. The molecule has 0 heterocycles. The summed E-state index contributed by atoms with van der Waals surface area (Å²) < 4.78 is 98.7. The normalized spacial score (nSPS) is 37.4. The summed E-state index contributed by atoms with van der Waals surface area (Å²) in [7, 11) is 1.45. The SMILES string of the molecule is COC1CCC(C(C2CCC(OC3CCC(C(=O)C4CCC(C)CC4)CC3)CC2)(C(F)(F)F)C(F)(F)F)CC1.